The molecule has 32 heavy (non-hydrogen) atoms. The van der Waals surface area contributed by atoms with Crippen LogP contribution >= 0.6 is 12.0 Å². The maximum atomic E-state index is 12.9. The van der Waals surface area contributed by atoms with Crippen molar-refractivity contribution in [2.24, 2.45) is 0 Å². The van der Waals surface area contributed by atoms with Crippen LogP contribution in [0, 0.1) is 13.8 Å². The van der Waals surface area contributed by atoms with Crippen molar-refractivity contribution in [3.8, 4) is 5.69 Å². The van der Waals surface area contributed by atoms with Crippen LogP contribution in [0.2, 0.25) is 0 Å². The van der Waals surface area contributed by atoms with Crippen LogP contribution in [0.3, 0.4) is 0 Å². The molecule has 3 aromatic carbocycles. The van der Waals surface area contributed by atoms with Crippen LogP contribution in [0.15, 0.2) is 60.8 Å². The van der Waals surface area contributed by atoms with E-state index in [1.165, 1.54) is 6.07 Å². The zero-order chi connectivity index (χ0) is 23.0. The molecule has 0 N–H and O–H groups in total. The molecule has 164 valence electrons. The number of aryl methyl sites for hydroxylation is 2. The number of benzene rings is 3. The summed E-state index contributed by atoms with van der Waals surface area (Å²) in [6, 6.07) is 16.5. The molecule has 0 fully saturated rings. The van der Waals surface area contributed by atoms with Crippen molar-refractivity contribution in [1.29, 1.82) is 0 Å². The molecule has 0 radical (unpaired) electrons. The fourth-order valence-electron chi connectivity index (χ4n) is 3.81. The van der Waals surface area contributed by atoms with E-state index in [4.69, 9.17) is 0 Å². The molecule has 0 saturated carbocycles. The first-order valence-corrected chi connectivity index (χ1v) is 10.3. The van der Waals surface area contributed by atoms with Gasteiger partial charge in [-0.25, -0.2) is 0 Å². The predicted molar refractivity (Wildman–Crippen MR) is 117 cm³/mol. The number of para-hydroxylation sites is 1. The van der Waals surface area contributed by atoms with Gasteiger partial charge in [0.1, 0.15) is 12.0 Å². The van der Waals surface area contributed by atoms with Crippen LogP contribution in [-0.2, 0) is 9.08 Å². The normalized spacial score (nSPS) is 11.8. The average molecular weight is 458 g/mol. The van der Waals surface area contributed by atoms with Gasteiger partial charge in [0.2, 0.25) is 6.41 Å². The molecular weight excluding hydrogens is 441 g/mol. The van der Waals surface area contributed by atoms with Gasteiger partial charge in [0.25, 0.3) is 5.91 Å². The van der Waals surface area contributed by atoms with Gasteiger partial charge in [0.05, 0.1) is 16.8 Å². The van der Waals surface area contributed by atoms with Gasteiger partial charge in [0, 0.05) is 17.0 Å². The highest BCUT2D eigenvalue weighted by molar-refractivity contribution is 7.95. The van der Waals surface area contributed by atoms with Crippen LogP contribution in [0.4, 0.5) is 13.2 Å². The lowest BCUT2D eigenvalue weighted by molar-refractivity contribution is -0.133. The summed E-state index contributed by atoms with van der Waals surface area (Å²) in [6.45, 7) is 3.79. The molecule has 0 aliphatic heterocycles. The Bertz CT molecular complexity index is 1350. The Morgan fingerprint density at radius 2 is 1.72 bits per heavy atom. The number of imide groups is 1. The lowest BCUT2D eigenvalue weighted by atomic mass is 9.98. The van der Waals surface area contributed by atoms with E-state index in [1.54, 1.807) is 13.0 Å². The number of hydroxylamine groups is 2. The van der Waals surface area contributed by atoms with Gasteiger partial charge in [-0.15, -0.1) is 5.06 Å². The number of fused-ring (bicyclic) bond motifs is 2. The minimum atomic E-state index is -4.77. The van der Waals surface area contributed by atoms with Gasteiger partial charge in [-0.3, -0.25) is 9.59 Å². The van der Waals surface area contributed by atoms with E-state index in [1.807, 2.05) is 60.2 Å². The van der Waals surface area contributed by atoms with Crippen molar-refractivity contribution < 1.29 is 27.0 Å². The van der Waals surface area contributed by atoms with Crippen LogP contribution in [-0.4, -0.2) is 27.5 Å². The Morgan fingerprint density at radius 1 is 1.00 bits per heavy atom. The van der Waals surface area contributed by atoms with Crippen LogP contribution in [0.25, 0.3) is 27.4 Å². The Hall–Kier alpha value is -3.30. The molecule has 4 aromatic rings. The number of amides is 2. The van der Waals surface area contributed by atoms with Gasteiger partial charge in [-0.05, 0) is 48.6 Å². The largest absolute Gasteiger partial charge is 0.470 e. The fourth-order valence-corrected chi connectivity index (χ4v) is 4.07. The fraction of sp³-hybridized carbons (Fsp3) is 0.130. The first-order valence-electron chi connectivity index (χ1n) is 9.52. The Labute approximate surface area is 185 Å². The molecule has 0 aliphatic carbocycles. The predicted octanol–water partition coefficient (Wildman–Crippen LogP) is 6.10. The molecule has 0 aliphatic rings. The summed E-state index contributed by atoms with van der Waals surface area (Å²) in [5, 5.41) is 2.37. The number of nitrogens with zero attached hydrogens (tertiary/aromatic N) is 2. The number of aromatic nitrogens is 1. The third kappa shape index (κ3) is 3.96. The smallest absolute Gasteiger partial charge is 0.316 e. The molecule has 0 saturated heterocycles. The third-order valence-corrected chi connectivity index (χ3v) is 5.56. The minimum Gasteiger partial charge on any atom is -0.316 e. The van der Waals surface area contributed by atoms with Gasteiger partial charge >= 0.3 is 5.51 Å². The molecule has 4 rings (SSSR count). The van der Waals surface area contributed by atoms with E-state index >= 15 is 0 Å². The number of hydrogen-bond acceptors (Lipinski definition) is 4. The lowest BCUT2D eigenvalue weighted by Gasteiger charge is -2.18. The number of carbonyl (C=O) groups excluding carboxylic acids is 2. The highest BCUT2D eigenvalue weighted by Gasteiger charge is 2.33. The number of hydrogen-bond donors (Lipinski definition) is 0. The van der Waals surface area contributed by atoms with Crippen LogP contribution in [0.1, 0.15) is 21.5 Å². The topological polar surface area (TPSA) is 51.5 Å². The Kier molecular flexibility index (Phi) is 5.70. The molecule has 0 bridgehead atoms. The summed E-state index contributed by atoms with van der Waals surface area (Å²) >= 11 is -0.927. The molecule has 5 nitrogen and oxygen atoms in total. The molecule has 9 heteroatoms. The van der Waals surface area contributed by atoms with E-state index < -0.39 is 23.5 Å². The molecule has 1 heterocycles. The van der Waals surface area contributed by atoms with E-state index in [-0.39, 0.29) is 17.0 Å². The van der Waals surface area contributed by atoms with E-state index in [9.17, 15) is 22.8 Å². The summed E-state index contributed by atoms with van der Waals surface area (Å²) < 4.78 is 43.8. The van der Waals surface area contributed by atoms with Crippen molar-refractivity contribution in [1.82, 2.24) is 9.63 Å². The van der Waals surface area contributed by atoms with E-state index in [2.05, 4.69) is 4.28 Å². The van der Waals surface area contributed by atoms with Gasteiger partial charge in [0.15, 0.2) is 0 Å². The van der Waals surface area contributed by atoms with Crippen molar-refractivity contribution in [2.45, 2.75) is 19.4 Å². The van der Waals surface area contributed by atoms with Crippen LogP contribution in [0.5, 0.6) is 0 Å². The minimum absolute atomic E-state index is 0.0499. The molecule has 0 unspecified atom stereocenters. The summed E-state index contributed by atoms with van der Waals surface area (Å²) in [5.74, 6) is -0.990. The van der Waals surface area contributed by atoms with Crippen molar-refractivity contribution >= 4 is 46.0 Å². The maximum Gasteiger partial charge on any atom is 0.470 e. The first-order chi connectivity index (χ1) is 15.2. The molecule has 0 atom stereocenters. The van der Waals surface area contributed by atoms with Gasteiger partial charge < -0.3 is 4.57 Å². The highest BCUT2D eigenvalue weighted by atomic mass is 32.2. The van der Waals surface area contributed by atoms with Crippen LogP contribution < -0.4 is 0 Å². The van der Waals surface area contributed by atoms with Crippen molar-refractivity contribution in [2.75, 3.05) is 0 Å². The SMILES string of the molecule is Cc1cn(-c2ccc(C)c3c(C(=O)N(C=O)OSC(F)(F)F)cccc23)c2ccccc12. The summed E-state index contributed by atoms with van der Waals surface area (Å²) in [6.07, 6.45) is 1.91. The van der Waals surface area contributed by atoms with Gasteiger partial charge in [-0.2, -0.15) is 17.5 Å². The van der Waals surface area contributed by atoms with Crippen molar-refractivity contribution in [3.05, 3.63) is 77.5 Å². The van der Waals surface area contributed by atoms with Gasteiger partial charge in [-0.1, -0.05) is 36.4 Å². The number of halogens is 3. The second-order valence-corrected chi connectivity index (χ2v) is 7.95. The standard InChI is InChI=1S/C23H17F3N2O3S/c1-14-10-11-20(27-12-15(2)16-6-3-4-9-19(16)27)17-7-5-8-18(21(14)17)22(30)28(13-29)31-32-23(24,25)26/h3-13H,1-2H3. The molecule has 1 aromatic heterocycles. The highest BCUT2D eigenvalue weighted by Crippen LogP contribution is 2.34. The first kappa shape index (κ1) is 21.9. The Balaban J connectivity index is 1.87. The zero-order valence-corrected chi connectivity index (χ0v) is 17.8. The second-order valence-electron chi connectivity index (χ2n) is 7.17. The summed E-state index contributed by atoms with van der Waals surface area (Å²) in [5.41, 5.74) is -1.12. The average Bonchev–Trinajstić information content (AvgIpc) is 3.10. The number of alkyl halides is 3. The summed E-state index contributed by atoms with van der Waals surface area (Å²) in [7, 11) is 0. The molecular formula is C23H17F3N2O3S. The third-order valence-electron chi connectivity index (χ3n) is 5.14. The van der Waals surface area contributed by atoms with Crippen molar-refractivity contribution in [3.63, 3.8) is 0 Å². The second kappa shape index (κ2) is 8.33. The molecule has 0 spiro atoms. The van der Waals surface area contributed by atoms with E-state index in [0.29, 0.717) is 10.8 Å². The molecule has 2 amide bonds. The van der Waals surface area contributed by atoms with E-state index in [0.717, 1.165) is 27.7 Å². The number of carbonyl (C=O) groups is 2. The quantitative estimate of drug-likeness (QED) is 0.206. The Morgan fingerprint density at radius 3 is 2.44 bits per heavy atom. The maximum absolute atomic E-state index is 12.9. The lowest BCUT2D eigenvalue weighted by Crippen LogP contribution is -2.29. The summed E-state index contributed by atoms with van der Waals surface area (Å²) in [4.78, 5) is 24.2. The number of rotatable bonds is 5. The monoisotopic (exact) mass is 458 g/mol. The zero-order valence-electron chi connectivity index (χ0n) is 17.0.